The standard InChI is InChI=1S/C16H21FN2O3/c1-10(20)22-19-14(6-7-16(2,3)15(19)21)11-4-5-12(9-18)13(17)8-11/h4-5,8,14H,6-7,9,18H2,1-3H3/t14-/m0/s1. The van der Waals surface area contributed by atoms with Crippen LogP contribution in [-0.2, 0) is 21.0 Å². The molecule has 1 aliphatic heterocycles. The van der Waals surface area contributed by atoms with Gasteiger partial charge in [0.25, 0.3) is 5.91 Å². The third-order valence-corrected chi connectivity index (χ3v) is 4.01. The molecule has 1 amide bonds. The van der Waals surface area contributed by atoms with E-state index in [9.17, 15) is 14.0 Å². The van der Waals surface area contributed by atoms with Crippen molar-refractivity contribution in [2.24, 2.45) is 11.1 Å². The number of rotatable bonds is 3. The first-order valence-corrected chi connectivity index (χ1v) is 7.27. The van der Waals surface area contributed by atoms with Crippen molar-refractivity contribution in [1.82, 2.24) is 5.06 Å². The van der Waals surface area contributed by atoms with E-state index in [1.54, 1.807) is 26.0 Å². The van der Waals surface area contributed by atoms with Crippen LogP contribution < -0.4 is 5.73 Å². The number of nitrogens with zero attached hydrogens (tertiary/aromatic N) is 1. The van der Waals surface area contributed by atoms with Crippen LogP contribution >= 0.6 is 0 Å². The number of halogens is 1. The van der Waals surface area contributed by atoms with Gasteiger partial charge < -0.3 is 10.6 Å². The molecule has 1 aromatic carbocycles. The fourth-order valence-corrected chi connectivity index (χ4v) is 2.64. The van der Waals surface area contributed by atoms with Gasteiger partial charge in [0, 0.05) is 24.4 Å². The monoisotopic (exact) mass is 308 g/mol. The zero-order valence-corrected chi connectivity index (χ0v) is 13.1. The van der Waals surface area contributed by atoms with E-state index in [1.165, 1.54) is 13.0 Å². The Kier molecular flexibility index (Phi) is 4.51. The van der Waals surface area contributed by atoms with E-state index in [-0.39, 0.29) is 12.5 Å². The summed E-state index contributed by atoms with van der Waals surface area (Å²) in [5, 5.41) is 1.09. The van der Waals surface area contributed by atoms with Crippen LogP contribution in [0.1, 0.15) is 50.8 Å². The van der Waals surface area contributed by atoms with Gasteiger partial charge in [-0.1, -0.05) is 26.0 Å². The van der Waals surface area contributed by atoms with Crippen LogP contribution in [0.3, 0.4) is 0 Å². The van der Waals surface area contributed by atoms with Gasteiger partial charge in [-0.15, -0.1) is 0 Å². The lowest BCUT2D eigenvalue weighted by Crippen LogP contribution is -2.48. The molecule has 0 aromatic heterocycles. The third kappa shape index (κ3) is 3.11. The molecule has 2 N–H and O–H groups in total. The summed E-state index contributed by atoms with van der Waals surface area (Å²) < 4.78 is 14.0. The van der Waals surface area contributed by atoms with E-state index in [0.29, 0.717) is 24.0 Å². The summed E-state index contributed by atoms with van der Waals surface area (Å²) in [6.07, 6.45) is 1.22. The summed E-state index contributed by atoms with van der Waals surface area (Å²) in [4.78, 5) is 28.9. The van der Waals surface area contributed by atoms with Gasteiger partial charge in [-0.05, 0) is 24.5 Å². The molecule has 1 fully saturated rings. The zero-order chi connectivity index (χ0) is 16.5. The van der Waals surface area contributed by atoms with Crippen LogP contribution in [0.2, 0.25) is 0 Å². The van der Waals surface area contributed by atoms with Gasteiger partial charge in [-0.25, -0.2) is 4.39 Å². The summed E-state index contributed by atoms with van der Waals surface area (Å²) in [7, 11) is 0. The van der Waals surface area contributed by atoms with Gasteiger partial charge in [0.1, 0.15) is 5.82 Å². The summed E-state index contributed by atoms with van der Waals surface area (Å²) in [5.41, 5.74) is 5.85. The Morgan fingerprint density at radius 1 is 1.50 bits per heavy atom. The van der Waals surface area contributed by atoms with Crippen LogP contribution in [0, 0.1) is 11.2 Å². The second-order valence-corrected chi connectivity index (χ2v) is 6.21. The van der Waals surface area contributed by atoms with Crippen LogP contribution in [0.5, 0.6) is 0 Å². The topological polar surface area (TPSA) is 72.6 Å². The van der Waals surface area contributed by atoms with Gasteiger partial charge in [-0.3, -0.25) is 9.59 Å². The lowest BCUT2D eigenvalue weighted by atomic mass is 9.80. The lowest BCUT2D eigenvalue weighted by molar-refractivity contribution is -0.220. The average molecular weight is 308 g/mol. The van der Waals surface area contributed by atoms with Crippen molar-refractivity contribution >= 4 is 11.9 Å². The molecule has 0 unspecified atom stereocenters. The zero-order valence-electron chi connectivity index (χ0n) is 13.1. The largest absolute Gasteiger partial charge is 0.338 e. The minimum atomic E-state index is -0.609. The van der Waals surface area contributed by atoms with Crippen LogP contribution in [0.15, 0.2) is 18.2 Å². The predicted octanol–water partition coefficient (Wildman–Crippen LogP) is 2.45. The third-order valence-electron chi connectivity index (χ3n) is 4.01. The Labute approximate surface area is 129 Å². The molecule has 0 aliphatic carbocycles. The first kappa shape index (κ1) is 16.4. The van der Waals surface area contributed by atoms with E-state index in [0.717, 1.165) is 5.06 Å². The highest BCUT2D eigenvalue weighted by Crippen LogP contribution is 2.40. The summed E-state index contributed by atoms with van der Waals surface area (Å²) in [6.45, 7) is 4.96. The molecule has 1 saturated heterocycles. The molecule has 0 spiro atoms. The van der Waals surface area contributed by atoms with Crippen molar-refractivity contribution < 1.29 is 18.8 Å². The smallest absolute Gasteiger partial charge is 0.329 e. The second-order valence-electron chi connectivity index (χ2n) is 6.21. The molecule has 120 valence electrons. The number of hydroxylamine groups is 2. The second kappa shape index (κ2) is 6.04. The van der Waals surface area contributed by atoms with Crippen molar-refractivity contribution in [2.45, 2.75) is 46.2 Å². The molecule has 2 rings (SSSR count). The van der Waals surface area contributed by atoms with Crippen molar-refractivity contribution in [1.29, 1.82) is 0 Å². The summed E-state index contributed by atoms with van der Waals surface area (Å²) >= 11 is 0. The molecule has 1 aromatic rings. The number of amides is 1. The molecule has 1 heterocycles. The molecule has 0 bridgehead atoms. The fourth-order valence-electron chi connectivity index (χ4n) is 2.64. The maximum atomic E-state index is 14.0. The number of hydrogen-bond donors (Lipinski definition) is 1. The normalized spacial score (nSPS) is 20.9. The van der Waals surface area contributed by atoms with E-state index >= 15 is 0 Å². The number of carbonyl (C=O) groups excluding carboxylic acids is 2. The Morgan fingerprint density at radius 2 is 2.18 bits per heavy atom. The molecule has 6 heteroatoms. The van der Waals surface area contributed by atoms with Crippen LogP contribution in [-0.4, -0.2) is 16.9 Å². The maximum absolute atomic E-state index is 14.0. The van der Waals surface area contributed by atoms with E-state index < -0.39 is 23.2 Å². The Balaban J connectivity index is 2.37. The Hall–Kier alpha value is -1.95. The van der Waals surface area contributed by atoms with E-state index in [1.807, 2.05) is 0 Å². The van der Waals surface area contributed by atoms with Gasteiger partial charge in [-0.2, -0.15) is 5.06 Å². The quantitative estimate of drug-likeness (QED) is 0.931. The van der Waals surface area contributed by atoms with Crippen molar-refractivity contribution in [3.63, 3.8) is 0 Å². The van der Waals surface area contributed by atoms with Gasteiger partial charge in [0.2, 0.25) is 0 Å². The number of carbonyl (C=O) groups is 2. The van der Waals surface area contributed by atoms with Crippen LogP contribution in [0.4, 0.5) is 4.39 Å². The fraction of sp³-hybridized carbons (Fsp3) is 0.500. The predicted molar refractivity (Wildman–Crippen MR) is 78.7 cm³/mol. The first-order chi connectivity index (χ1) is 10.3. The highest BCUT2D eigenvalue weighted by Gasteiger charge is 2.43. The Morgan fingerprint density at radius 3 is 2.73 bits per heavy atom. The molecular formula is C16H21FN2O3. The van der Waals surface area contributed by atoms with Gasteiger partial charge in [0.15, 0.2) is 0 Å². The molecule has 1 atom stereocenters. The lowest BCUT2D eigenvalue weighted by Gasteiger charge is -2.41. The minimum absolute atomic E-state index is 0.108. The number of benzene rings is 1. The molecule has 0 radical (unpaired) electrons. The highest BCUT2D eigenvalue weighted by atomic mass is 19.1. The average Bonchev–Trinajstić information content (AvgIpc) is 2.44. The van der Waals surface area contributed by atoms with Crippen molar-refractivity contribution in [3.05, 3.63) is 35.1 Å². The molecule has 1 aliphatic rings. The number of hydrogen-bond acceptors (Lipinski definition) is 4. The Bertz CT molecular complexity index is 601. The SMILES string of the molecule is CC(=O)ON1C(=O)C(C)(C)CC[C@H]1c1ccc(CN)c(F)c1. The number of nitrogens with two attached hydrogens (primary N) is 1. The summed E-state index contributed by atoms with van der Waals surface area (Å²) in [5.74, 6) is -1.27. The van der Waals surface area contributed by atoms with E-state index in [4.69, 9.17) is 10.6 Å². The minimum Gasteiger partial charge on any atom is -0.338 e. The van der Waals surface area contributed by atoms with Crippen molar-refractivity contribution in [2.75, 3.05) is 0 Å². The first-order valence-electron chi connectivity index (χ1n) is 7.27. The van der Waals surface area contributed by atoms with Crippen molar-refractivity contribution in [3.8, 4) is 0 Å². The van der Waals surface area contributed by atoms with Crippen LogP contribution in [0.25, 0.3) is 0 Å². The maximum Gasteiger partial charge on any atom is 0.329 e. The summed E-state index contributed by atoms with van der Waals surface area (Å²) in [6, 6.07) is 4.19. The highest BCUT2D eigenvalue weighted by molar-refractivity contribution is 5.83. The molecule has 5 nitrogen and oxygen atoms in total. The number of piperidine rings is 1. The van der Waals surface area contributed by atoms with Gasteiger partial charge >= 0.3 is 5.97 Å². The van der Waals surface area contributed by atoms with Gasteiger partial charge in [0.05, 0.1) is 6.04 Å². The van der Waals surface area contributed by atoms with E-state index in [2.05, 4.69) is 0 Å². The molecule has 22 heavy (non-hydrogen) atoms. The molecular weight excluding hydrogens is 287 g/mol. The molecule has 0 saturated carbocycles.